The first-order chi connectivity index (χ1) is 11.9. The summed E-state index contributed by atoms with van der Waals surface area (Å²) in [5, 5.41) is 2.46. The second-order valence-electron chi connectivity index (χ2n) is 5.32. The van der Waals surface area contributed by atoms with Gasteiger partial charge in [-0.25, -0.2) is 4.98 Å². The molecule has 5 nitrogen and oxygen atoms in total. The Morgan fingerprint density at radius 3 is 2.72 bits per heavy atom. The van der Waals surface area contributed by atoms with Crippen LogP contribution >= 0.6 is 0 Å². The van der Waals surface area contributed by atoms with Gasteiger partial charge in [-0.3, -0.25) is 4.79 Å². The van der Waals surface area contributed by atoms with Gasteiger partial charge in [-0.05, 0) is 30.3 Å². The number of fused-ring (bicyclic) bond motifs is 1. The number of alkyl halides is 3. The summed E-state index contributed by atoms with van der Waals surface area (Å²) in [6.07, 6.45) is -3.00. The van der Waals surface area contributed by atoms with E-state index >= 15 is 0 Å². The van der Waals surface area contributed by atoms with Crippen molar-refractivity contribution in [2.24, 2.45) is 0 Å². The fourth-order valence-electron chi connectivity index (χ4n) is 2.46. The molecule has 1 amide bonds. The first kappa shape index (κ1) is 16.8. The molecule has 0 unspecified atom stereocenters. The van der Waals surface area contributed by atoms with E-state index in [-0.39, 0.29) is 18.0 Å². The molecule has 0 aliphatic heterocycles. The number of hydrogen-bond acceptors (Lipinski definition) is 3. The number of carbonyl (C=O) groups excluding carboxylic acids is 1. The van der Waals surface area contributed by atoms with Gasteiger partial charge in [-0.15, -0.1) is 0 Å². The van der Waals surface area contributed by atoms with Gasteiger partial charge in [0.1, 0.15) is 12.3 Å². The molecule has 1 heterocycles. The molecular formula is C17H14F3N3O2. The van der Waals surface area contributed by atoms with Gasteiger partial charge >= 0.3 is 6.18 Å². The Balaban J connectivity index is 1.83. The largest absolute Gasteiger partial charge is 0.495 e. The van der Waals surface area contributed by atoms with Crippen LogP contribution in [0.1, 0.15) is 5.56 Å². The molecule has 0 saturated heterocycles. The maximum absolute atomic E-state index is 12.9. The van der Waals surface area contributed by atoms with Crippen molar-refractivity contribution in [2.45, 2.75) is 12.7 Å². The zero-order valence-electron chi connectivity index (χ0n) is 13.2. The Hall–Kier alpha value is -3.03. The number of rotatable bonds is 4. The van der Waals surface area contributed by atoms with E-state index in [1.165, 1.54) is 19.5 Å². The van der Waals surface area contributed by atoms with Gasteiger partial charge in [0.05, 0.1) is 35.7 Å². The van der Waals surface area contributed by atoms with Crippen LogP contribution in [-0.2, 0) is 17.5 Å². The third-order valence-electron chi connectivity index (χ3n) is 3.64. The van der Waals surface area contributed by atoms with Crippen molar-refractivity contribution in [3.8, 4) is 5.75 Å². The quantitative estimate of drug-likeness (QED) is 0.781. The van der Waals surface area contributed by atoms with Gasteiger partial charge in [0.2, 0.25) is 5.91 Å². The van der Waals surface area contributed by atoms with Gasteiger partial charge in [-0.1, -0.05) is 12.1 Å². The van der Waals surface area contributed by atoms with Gasteiger partial charge < -0.3 is 14.6 Å². The molecule has 0 saturated carbocycles. The van der Waals surface area contributed by atoms with Crippen molar-refractivity contribution in [1.29, 1.82) is 0 Å². The number of amides is 1. The monoisotopic (exact) mass is 349 g/mol. The number of benzene rings is 2. The number of nitrogens with one attached hydrogen (secondary N) is 1. The molecule has 130 valence electrons. The number of imidazole rings is 1. The van der Waals surface area contributed by atoms with E-state index in [1.807, 2.05) is 12.1 Å². The summed E-state index contributed by atoms with van der Waals surface area (Å²) in [6, 6.07) is 10.2. The van der Waals surface area contributed by atoms with Crippen LogP contribution in [0.2, 0.25) is 0 Å². The molecule has 0 radical (unpaired) electrons. The number of para-hydroxylation sites is 2. The molecule has 1 N–H and O–H groups in total. The number of ether oxygens (including phenoxy) is 1. The van der Waals surface area contributed by atoms with Crippen molar-refractivity contribution >= 4 is 22.6 Å². The van der Waals surface area contributed by atoms with Crippen LogP contribution in [0.3, 0.4) is 0 Å². The number of carbonyl (C=O) groups is 1. The van der Waals surface area contributed by atoms with E-state index in [1.54, 1.807) is 16.7 Å². The molecule has 0 aliphatic rings. The molecule has 25 heavy (non-hydrogen) atoms. The third kappa shape index (κ3) is 3.57. The Morgan fingerprint density at radius 2 is 2.00 bits per heavy atom. The van der Waals surface area contributed by atoms with E-state index < -0.39 is 17.6 Å². The van der Waals surface area contributed by atoms with Crippen molar-refractivity contribution in [2.75, 3.05) is 12.4 Å². The fourth-order valence-corrected chi connectivity index (χ4v) is 2.46. The van der Waals surface area contributed by atoms with Crippen LogP contribution in [0.15, 0.2) is 48.8 Å². The number of anilines is 1. The second-order valence-corrected chi connectivity index (χ2v) is 5.32. The number of halogens is 3. The van der Waals surface area contributed by atoms with E-state index in [4.69, 9.17) is 4.74 Å². The maximum Gasteiger partial charge on any atom is 0.416 e. The summed E-state index contributed by atoms with van der Waals surface area (Å²) in [5.41, 5.74) is 0.587. The second kappa shape index (κ2) is 6.46. The number of hydrogen-bond donors (Lipinski definition) is 1. The summed E-state index contributed by atoms with van der Waals surface area (Å²) < 4.78 is 45.2. The van der Waals surface area contributed by atoms with Crippen molar-refractivity contribution in [3.05, 3.63) is 54.4 Å². The van der Waals surface area contributed by atoms with Crippen LogP contribution in [0, 0.1) is 0 Å². The third-order valence-corrected chi connectivity index (χ3v) is 3.64. The minimum atomic E-state index is -4.51. The molecule has 0 aliphatic carbocycles. The molecular weight excluding hydrogens is 335 g/mol. The fraction of sp³-hybridized carbons (Fsp3) is 0.176. The highest BCUT2D eigenvalue weighted by molar-refractivity contribution is 5.93. The molecule has 0 atom stereocenters. The Bertz CT molecular complexity index is 919. The van der Waals surface area contributed by atoms with Gasteiger partial charge in [0.25, 0.3) is 0 Å². The number of nitrogens with zero attached hydrogens (tertiary/aromatic N) is 2. The molecule has 0 fully saturated rings. The van der Waals surface area contributed by atoms with Gasteiger partial charge in [0, 0.05) is 0 Å². The highest BCUT2D eigenvalue weighted by Crippen LogP contribution is 2.34. The Kier molecular flexibility index (Phi) is 4.35. The molecule has 0 spiro atoms. The van der Waals surface area contributed by atoms with E-state index in [0.717, 1.165) is 23.2 Å². The first-order valence-electron chi connectivity index (χ1n) is 7.33. The van der Waals surface area contributed by atoms with Crippen LogP contribution in [-0.4, -0.2) is 22.6 Å². The SMILES string of the molecule is COc1ccc(C(F)(F)F)cc1NC(=O)Cn1cnc2ccccc21. The van der Waals surface area contributed by atoms with Crippen LogP contribution in [0.25, 0.3) is 11.0 Å². The lowest BCUT2D eigenvalue weighted by atomic mass is 10.1. The van der Waals surface area contributed by atoms with Crippen molar-refractivity contribution < 1.29 is 22.7 Å². The highest BCUT2D eigenvalue weighted by Gasteiger charge is 2.31. The topological polar surface area (TPSA) is 56.1 Å². The predicted octanol–water partition coefficient (Wildman–Crippen LogP) is 3.70. The lowest BCUT2D eigenvalue weighted by Gasteiger charge is -2.14. The highest BCUT2D eigenvalue weighted by atomic mass is 19.4. The van der Waals surface area contributed by atoms with Crippen LogP contribution < -0.4 is 10.1 Å². The minimum Gasteiger partial charge on any atom is -0.495 e. The summed E-state index contributed by atoms with van der Waals surface area (Å²) in [4.78, 5) is 16.4. The summed E-state index contributed by atoms with van der Waals surface area (Å²) in [7, 11) is 1.32. The molecule has 3 rings (SSSR count). The zero-order chi connectivity index (χ0) is 18.0. The Labute approximate surface area is 141 Å². The predicted molar refractivity (Wildman–Crippen MR) is 86.4 cm³/mol. The zero-order valence-corrected chi connectivity index (χ0v) is 13.2. The maximum atomic E-state index is 12.9. The van der Waals surface area contributed by atoms with Crippen molar-refractivity contribution in [3.63, 3.8) is 0 Å². The van der Waals surface area contributed by atoms with E-state index in [9.17, 15) is 18.0 Å². The number of methoxy groups -OCH3 is 1. The normalized spacial score (nSPS) is 11.5. The van der Waals surface area contributed by atoms with Gasteiger partial charge in [-0.2, -0.15) is 13.2 Å². The summed E-state index contributed by atoms with van der Waals surface area (Å²) in [6.45, 7) is -0.0834. The molecule has 3 aromatic rings. The van der Waals surface area contributed by atoms with Crippen molar-refractivity contribution in [1.82, 2.24) is 9.55 Å². The number of aromatic nitrogens is 2. The molecule has 1 aromatic heterocycles. The summed E-state index contributed by atoms with van der Waals surface area (Å²) >= 11 is 0. The minimum absolute atomic E-state index is 0.0354. The molecule has 8 heteroatoms. The Morgan fingerprint density at radius 1 is 1.24 bits per heavy atom. The van der Waals surface area contributed by atoms with E-state index in [2.05, 4.69) is 10.3 Å². The standard InChI is InChI=1S/C17H14F3N3O2/c1-25-15-7-6-11(17(18,19)20)8-13(15)22-16(24)9-23-10-21-12-4-2-3-5-14(12)23/h2-8,10H,9H2,1H3,(H,22,24). The van der Waals surface area contributed by atoms with Crippen LogP contribution in [0.5, 0.6) is 5.75 Å². The lowest BCUT2D eigenvalue weighted by molar-refractivity contribution is -0.137. The first-order valence-corrected chi connectivity index (χ1v) is 7.33. The lowest BCUT2D eigenvalue weighted by Crippen LogP contribution is -2.19. The van der Waals surface area contributed by atoms with E-state index in [0.29, 0.717) is 0 Å². The van der Waals surface area contributed by atoms with Crippen LogP contribution in [0.4, 0.5) is 18.9 Å². The van der Waals surface area contributed by atoms with Gasteiger partial charge in [0.15, 0.2) is 0 Å². The average molecular weight is 349 g/mol. The molecule has 0 bridgehead atoms. The average Bonchev–Trinajstić information content (AvgIpc) is 2.97. The smallest absolute Gasteiger partial charge is 0.416 e. The summed E-state index contributed by atoms with van der Waals surface area (Å²) in [5.74, 6) is -0.336. The molecule has 2 aromatic carbocycles.